The second kappa shape index (κ2) is 3.00. The van der Waals surface area contributed by atoms with Gasteiger partial charge in [0.25, 0.3) is 0 Å². The predicted octanol–water partition coefficient (Wildman–Crippen LogP) is 3.96. The van der Waals surface area contributed by atoms with E-state index in [-0.39, 0.29) is 0 Å². The zero-order chi connectivity index (χ0) is 9.87. The fourth-order valence-corrected chi connectivity index (χ4v) is 4.99. The lowest BCUT2D eigenvalue weighted by molar-refractivity contribution is 0.259. The molecule has 3 rings (SSSR count). The van der Waals surface area contributed by atoms with Crippen molar-refractivity contribution in [3.63, 3.8) is 0 Å². The Labute approximate surface area is 88.5 Å². The first-order valence-electron chi connectivity index (χ1n) is 6.70. The first kappa shape index (κ1) is 9.24. The summed E-state index contributed by atoms with van der Waals surface area (Å²) in [6.45, 7) is 7.48. The van der Waals surface area contributed by atoms with Crippen LogP contribution in [0, 0.1) is 41.4 Å². The standard InChI is InChI=1S/C14H24/c1-8-7-11-5-4-6-12(11)13(8)14-9(2)10(14)3/h8-14H,4-7H2,1-3H3. The van der Waals surface area contributed by atoms with Crippen LogP contribution in [0.1, 0.15) is 46.5 Å². The molecule has 0 aliphatic heterocycles. The molecule has 3 fully saturated rings. The van der Waals surface area contributed by atoms with Gasteiger partial charge in [0.1, 0.15) is 0 Å². The third-order valence-electron chi connectivity index (χ3n) is 5.89. The Kier molecular flexibility index (Phi) is 1.98. The summed E-state index contributed by atoms with van der Waals surface area (Å²) in [5, 5.41) is 0. The van der Waals surface area contributed by atoms with E-state index in [1.165, 1.54) is 6.42 Å². The Bertz CT molecular complexity index is 224. The molecule has 0 heterocycles. The summed E-state index contributed by atoms with van der Waals surface area (Å²) in [5.74, 6) is 7.63. The lowest BCUT2D eigenvalue weighted by atomic mass is 9.83. The van der Waals surface area contributed by atoms with Gasteiger partial charge in [-0.25, -0.2) is 0 Å². The van der Waals surface area contributed by atoms with Gasteiger partial charge < -0.3 is 0 Å². The van der Waals surface area contributed by atoms with Gasteiger partial charge in [0.05, 0.1) is 0 Å². The Morgan fingerprint density at radius 1 is 0.857 bits per heavy atom. The van der Waals surface area contributed by atoms with Crippen molar-refractivity contribution in [1.29, 1.82) is 0 Å². The fraction of sp³-hybridized carbons (Fsp3) is 1.00. The molecule has 80 valence electrons. The zero-order valence-corrected chi connectivity index (χ0v) is 9.87. The first-order chi connectivity index (χ1) is 6.70. The molecule has 14 heavy (non-hydrogen) atoms. The molecule has 0 radical (unpaired) electrons. The average molecular weight is 192 g/mol. The van der Waals surface area contributed by atoms with Crippen LogP contribution < -0.4 is 0 Å². The summed E-state index contributed by atoms with van der Waals surface area (Å²) in [6, 6.07) is 0. The van der Waals surface area contributed by atoms with Crippen LogP contribution in [0.15, 0.2) is 0 Å². The highest BCUT2D eigenvalue weighted by Crippen LogP contribution is 2.62. The lowest BCUT2D eigenvalue weighted by Gasteiger charge is -2.22. The summed E-state index contributed by atoms with van der Waals surface area (Å²) < 4.78 is 0. The van der Waals surface area contributed by atoms with E-state index in [4.69, 9.17) is 0 Å². The van der Waals surface area contributed by atoms with Crippen LogP contribution in [0.25, 0.3) is 0 Å². The van der Waals surface area contributed by atoms with Crippen molar-refractivity contribution < 1.29 is 0 Å². The molecule has 0 bridgehead atoms. The normalized spacial score (nSPS) is 61.5. The minimum Gasteiger partial charge on any atom is -0.0622 e. The molecule has 0 saturated heterocycles. The van der Waals surface area contributed by atoms with Crippen LogP contribution in [-0.4, -0.2) is 0 Å². The molecular formula is C14H24. The molecule has 0 heteroatoms. The fourth-order valence-electron chi connectivity index (χ4n) is 4.99. The van der Waals surface area contributed by atoms with Gasteiger partial charge in [-0.15, -0.1) is 0 Å². The van der Waals surface area contributed by atoms with Crippen molar-refractivity contribution in [3.05, 3.63) is 0 Å². The number of hydrogen-bond acceptors (Lipinski definition) is 0. The molecule has 6 atom stereocenters. The minimum absolute atomic E-state index is 1.04. The van der Waals surface area contributed by atoms with E-state index in [9.17, 15) is 0 Å². The highest BCUT2D eigenvalue weighted by Gasteiger charge is 2.56. The summed E-state index contributed by atoms with van der Waals surface area (Å²) >= 11 is 0. The van der Waals surface area contributed by atoms with E-state index in [0.29, 0.717) is 0 Å². The third kappa shape index (κ3) is 1.12. The SMILES string of the molecule is CC1CC2CCCC2C1C1C(C)C1C. The van der Waals surface area contributed by atoms with Gasteiger partial charge in [-0.3, -0.25) is 0 Å². The molecular weight excluding hydrogens is 168 g/mol. The number of rotatable bonds is 1. The van der Waals surface area contributed by atoms with E-state index in [2.05, 4.69) is 20.8 Å². The maximum atomic E-state index is 2.53. The van der Waals surface area contributed by atoms with E-state index < -0.39 is 0 Å². The van der Waals surface area contributed by atoms with Gasteiger partial charge in [-0.1, -0.05) is 33.6 Å². The molecule has 0 aromatic rings. The van der Waals surface area contributed by atoms with Crippen LogP contribution in [0.2, 0.25) is 0 Å². The second-order valence-corrected chi connectivity index (χ2v) is 6.44. The second-order valence-electron chi connectivity index (χ2n) is 6.44. The van der Waals surface area contributed by atoms with E-state index >= 15 is 0 Å². The molecule has 3 aliphatic rings. The molecule has 0 amide bonds. The Hall–Kier alpha value is 0. The topological polar surface area (TPSA) is 0 Å². The molecule has 0 N–H and O–H groups in total. The molecule has 3 aliphatic carbocycles. The van der Waals surface area contributed by atoms with Crippen LogP contribution in [0.4, 0.5) is 0 Å². The van der Waals surface area contributed by atoms with Crippen molar-refractivity contribution in [2.45, 2.75) is 46.5 Å². The Morgan fingerprint density at radius 2 is 1.57 bits per heavy atom. The van der Waals surface area contributed by atoms with Gasteiger partial charge in [-0.2, -0.15) is 0 Å². The molecule has 0 aromatic carbocycles. The Morgan fingerprint density at radius 3 is 2.21 bits per heavy atom. The summed E-state index contributed by atoms with van der Waals surface area (Å²) in [4.78, 5) is 0. The number of hydrogen-bond donors (Lipinski definition) is 0. The van der Waals surface area contributed by atoms with Crippen LogP contribution >= 0.6 is 0 Å². The highest BCUT2D eigenvalue weighted by atomic mass is 14.6. The predicted molar refractivity (Wildman–Crippen MR) is 59.9 cm³/mol. The lowest BCUT2D eigenvalue weighted by Crippen LogP contribution is -2.17. The maximum absolute atomic E-state index is 2.53. The first-order valence-corrected chi connectivity index (χ1v) is 6.70. The minimum atomic E-state index is 1.04. The summed E-state index contributed by atoms with van der Waals surface area (Å²) in [7, 11) is 0. The summed E-state index contributed by atoms with van der Waals surface area (Å²) in [6.07, 6.45) is 6.22. The van der Waals surface area contributed by atoms with Gasteiger partial charge in [0, 0.05) is 0 Å². The quantitative estimate of drug-likeness (QED) is 0.590. The summed E-state index contributed by atoms with van der Waals surface area (Å²) in [5.41, 5.74) is 0. The zero-order valence-electron chi connectivity index (χ0n) is 9.87. The van der Waals surface area contributed by atoms with E-state index in [0.717, 1.165) is 41.4 Å². The molecule has 3 saturated carbocycles. The molecule has 0 aromatic heterocycles. The van der Waals surface area contributed by atoms with Crippen LogP contribution in [0.3, 0.4) is 0 Å². The van der Waals surface area contributed by atoms with Gasteiger partial charge >= 0.3 is 0 Å². The Balaban J connectivity index is 1.78. The molecule has 6 unspecified atom stereocenters. The monoisotopic (exact) mass is 192 g/mol. The van der Waals surface area contributed by atoms with Crippen molar-refractivity contribution in [2.24, 2.45) is 41.4 Å². The van der Waals surface area contributed by atoms with Crippen molar-refractivity contribution >= 4 is 0 Å². The molecule has 0 spiro atoms. The molecule has 0 nitrogen and oxygen atoms in total. The van der Waals surface area contributed by atoms with E-state index in [1.807, 2.05) is 0 Å². The van der Waals surface area contributed by atoms with Gasteiger partial charge in [0.15, 0.2) is 0 Å². The largest absolute Gasteiger partial charge is 0.0622 e. The highest BCUT2D eigenvalue weighted by molar-refractivity contribution is 5.04. The van der Waals surface area contributed by atoms with Crippen molar-refractivity contribution in [2.75, 3.05) is 0 Å². The van der Waals surface area contributed by atoms with Crippen molar-refractivity contribution in [3.8, 4) is 0 Å². The van der Waals surface area contributed by atoms with Crippen molar-refractivity contribution in [1.82, 2.24) is 0 Å². The van der Waals surface area contributed by atoms with Gasteiger partial charge in [0.2, 0.25) is 0 Å². The smallest absolute Gasteiger partial charge is 0.0324 e. The number of fused-ring (bicyclic) bond motifs is 1. The average Bonchev–Trinajstić information content (AvgIpc) is 2.56. The van der Waals surface area contributed by atoms with Crippen LogP contribution in [0.5, 0.6) is 0 Å². The van der Waals surface area contributed by atoms with E-state index in [1.54, 1.807) is 19.3 Å². The van der Waals surface area contributed by atoms with Gasteiger partial charge in [-0.05, 0) is 54.3 Å². The van der Waals surface area contributed by atoms with Crippen LogP contribution in [-0.2, 0) is 0 Å². The third-order valence-corrected chi connectivity index (χ3v) is 5.89. The maximum Gasteiger partial charge on any atom is -0.0324 e.